The van der Waals surface area contributed by atoms with Gasteiger partial charge in [0.05, 0.1) is 18.0 Å². The first kappa shape index (κ1) is 19.2. The van der Waals surface area contributed by atoms with Crippen LogP contribution in [-0.4, -0.2) is 17.6 Å². The van der Waals surface area contributed by atoms with Crippen LogP contribution in [0.25, 0.3) is 0 Å². The molecule has 0 saturated carbocycles. The molecule has 1 fully saturated rings. The van der Waals surface area contributed by atoms with Crippen LogP contribution in [0.1, 0.15) is 16.7 Å². The van der Waals surface area contributed by atoms with E-state index in [9.17, 15) is 9.59 Å². The molecule has 1 atom stereocenters. The van der Waals surface area contributed by atoms with Crippen molar-refractivity contribution in [1.29, 1.82) is 0 Å². The van der Waals surface area contributed by atoms with Crippen LogP contribution in [0.3, 0.4) is 0 Å². The fourth-order valence-corrected chi connectivity index (χ4v) is 5.76. The molecule has 1 unspecified atom stereocenters. The molecule has 3 aromatic rings. The van der Waals surface area contributed by atoms with E-state index >= 15 is 0 Å². The number of para-hydroxylation sites is 1. The summed E-state index contributed by atoms with van der Waals surface area (Å²) >= 11 is 7.77. The lowest BCUT2D eigenvalue weighted by molar-refractivity contribution is -0.123. The quantitative estimate of drug-likeness (QED) is 0.574. The number of fused-ring (bicyclic) bond motifs is 2. The van der Waals surface area contributed by atoms with Crippen LogP contribution in [0.15, 0.2) is 72.8 Å². The number of hydrogen-bond donors (Lipinski definition) is 0. The second kappa shape index (κ2) is 7.18. The molecule has 0 N–H and O–H groups in total. The number of carbonyl (C=O) groups excluding carboxylic acids is 2. The maximum Gasteiger partial charge on any atom is 0.269 e. The predicted molar refractivity (Wildman–Crippen MR) is 122 cm³/mol. The molecular weight excluding hydrogens is 416 g/mol. The van der Waals surface area contributed by atoms with Gasteiger partial charge < -0.3 is 4.90 Å². The normalized spacial score (nSPS) is 20.3. The predicted octanol–water partition coefficient (Wildman–Crippen LogP) is 5.13. The first-order valence-electron chi connectivity index (χ1n) is 9.71. The van der Waals surface area contributed by atoms with Crippen molar-refractivity contribution in [2.75, 3.05) is 15.6 Å². The van der Waals surface area contributed by atoms with Crippen molar-refractivity contribution < 1.29 is 9.59 Å². The molecule has 2 amide bonds. The van der Waals surface area contributed by atoms with Crippen molar-refractivity contribution in [2.24, 2.45) is 0 Å². The smallest absolute Gasteiger partial charge is 0.269 e. The Labute approximate surface area is 184 Å². The molecule has 2 aliphatic rings. The van der Waals surface area contributed by atoms with Gasteiger partial charge in [-0.3, -0.25) is 14.5 Å². The Bertz CT molecular complexity index is 1160. The van der Waals surface area contributed by atoms with Gasteiger partial charge in [-0.1, -0.05) is 65.7 Å². The number of hydrogen-bond acceptors (Lipinski definition) is 3. The van der Waals surface area contributed by atoms with Crippen LogP contribution >= 0.6 is 23.4 Å². The van der Waals surface area contributed by atoms with E-state index in [-0.39, 0.29) is 17.6 Å². The Morgan fingerprint density at radius 3 is 2.43 bits per heavy atom. The van der Waals surface area contributed by atoms with Crippen LogP contribution in [0.5, 0.6) is 0 Å². The van der Waals surface area contributed by atoms with E-state index in [1.807, 2.05) is 79.7 Å². The van der Waals surface area contributed by atoms with Gasteiger partial charge in [0.15, 0.2) is 0 Å². The van der Waals surface area contributed by atoms with E-state index in [1.54, 1.807) is 9.80 Å². The van der Waals surface area contributed by atoms with Crippen molar-refractivity contribution >= 4 is 46.6 Å². The number of benzene rings is 3. The summed E-state index contributed by atoms with van der Waals surface area (Å²) in [4.78, 5) is 29.3. The Morgan fingerprint density at radius 1 is 0.967 bits per heavy atom. The van der Waals surface area contributed by atoms with E-state index in [2.05, 4.69) is 0 Å². The summed E-state index contributed by atoms with van der Waals surface area (Å²) in [6, 6.07) is 23.0. The lowest BCUT2D eigenvalue weighted by Gasteiger charge is -2.33. The average Bonchev–Trinajstić information content (AvgIpc) is 3.22. The summed E-state index contributed by atoms with van der Waals surface area (Å²) in [5.41, 5.74) is 4.37. The molecular formula is C24H19ClN2O2S. The Hall–Kier alpha value is -2.76. The van der Waals surface area contributed by atoms with Crippen LogP contribution in [0, 0.1) is 6.92 Å². The standard InChI is InChI=1S/C24H19ClN2O2S/c1-16-10-12-18(13-11-16)27-22(28)15-30-24(27)19-7-3-5-9-21(19)26(23(24)29)14-17-6-2-4-8-20(17)25/h2-13H,14-15H2,1H3. The van der Waals surface area contributed by atoms with Gasteiger partial charge in [0.2, 0.25) is 10.8 Å². The molecule has 0 aromatic heterocycles. The number of amides is 2. The molecule has 4 nitrogen and oxygen atoms in total. The van der Waals surface area contributed by atoms with E-state index in [4.69, 9.17) is 11.6 Å². The molecule has 0 bridgehead atoms. The molecule has 5 rings (SSSR count). The van der Waals surface area contributed by atoms with Crippen molar-refractivity contribution in [3.05, 3.63) is 94.5 Å². The third-order valence-electron chi connectivity index (χ3n) is 5.64. The molecule has 1 saturated heterocycles. The first-order valence-corrected chi connectivity index (χ1v) is 11.1. The Morgan fingerprint density at radius 2 is 1.67 bits per heavy atom. The Balaban J connectivity index is 1.65. The number of anilines is 2. The van der Waals surface area contributed by atoms with Gasteiger partial charge in [-0.2, -0.15) is 0 Å². The number of halogens is 1. The molecule has 150 valence electrons. The third kappa shape index (κ3) is 2.76. The number of aryl methyl sites for hydroxylation is 1. The summed E-state index contributed by atoms with van der Waals surface area (Å²) in [5, 5.41) is 0.620. The van der Waals surface area contributed by atoms with E-state index in [0.29, 0.717) is 11.6 Å². The van der Waals surface area contributed by atoms with E-state index in [1.165, 1.54) is 11.8 Å². The molecule has 6 heteroatoms. The number of nitrogens with zero attached hydrogens (tertiary/aromatic N) is 2. The second-order valence-corrected chi connectivity index (χ2v) is 9.07. The Kier molecular flexibility index (Phi) is 4.60. The first-order chi connectivity index (χ1) is 14.5. The highest BCUT2D eigenvalue weighted by Gasteiger charge is 2.60. The molecule has 30 heavy (non-hydrogen) atoms. The summed E-state index contributed by atoms with van der Waals surface area (Å²) in [6.07, 6.45) is 0. The SMILES string of the molecule is Cc1ccc(N2C(=O)CSC23C(=O)N(Cc2ccccc2Cl)c2ccccc23)cc1. The van der Waals surface area contributed by atoms with Gasteiger partial charge in [-0.25, -0.2) is 0 Å². The number of carbonyl (C=O) groups is 2. The molecule has 2 aliphatic heterocycles. The molecule has 1 spiro atoms. The van der Waals surface area contributed by atoms with Gasteiger partial charge in [0.25, 0.3) is 5.91 Å². The highest BCUT2D eigenvalue weighted by molar-refractivity contribution is 8.02. The summed E-state index contributed by atoms with van der Waals surface area (Å²) in [6.45, 7) is 2.36. The minimum Gasteiger partial charge on any atom is -0.304 e. The monoisotopic (exact) mass is 434 g/mol. The van der Waals surface area contributed by atoms with E-state index < -0.39 is 4.87 Å². The molecule has 3 aromatic carbocycles. The van der Waals surface area contributed by atoms with Gasteiger partial charge in [0, 0.05) is 16.3 Å². The zero-order valence-corrected chi connectivity index (χ0v) is 17.9. The summed E-state index contributed by atoms with van der Waals surface area (Å²) in [7, 11) is 0. The topological polar surface area (TPSA) is 40.6 Å². The van der Waals surface area contributed by atoms with Gasteiger partial charge in [-0.15, -0.1) is 11.8 Å². The van der Waals surface area contributed by atoms with Crippen molar-refractivity contribution in [3.8, 4) is 0 Å². The minimum atomic E-state index is -1.09. The minimum absolute atomic E-state index is 0.0633. The van der Waals surface area contributed by atoms with Crippen molar-refractivity contribution in [2.45, 2.75) is 18.3 Å². The van der Waals surface area contributed by atoms with Gasteiger partial charge in [0.1, 0.15) is 0 Å². The molecule has 0 radical (unpaired) electrons. The zero-order chi connectivity index (χ0) is 20.9. The lowest BCUT2D eigenvalue weighted by atomic mass is 10.0. The van der Waals surface area contributed by atoms with Gasteiger partial charge >= 0.3 is 0 Å². The summed E-state index contributed by atoms with van der Waals surface area (Å²) < 4.78 is 0. The van der Waals surface area contributed by atoms with Crippen LogP contribution < -0.4 is 9.80 Å². The lowest BCUT2D eigenvalue weighted by Crippen LogP contribution is -2.49. The maximum absolute atomic E-state index is 14.0. The van der Waals surface area contributed by atoms with Crippen molar-refractivity contribution in [3.63, 3.8) is 0 Å². The largest absolute Gasteiger partial charge is 0.304 e. The maximum atomic E-state index is 14.0. The number of rotatable bonds is 3. The van der Waals surface area contributed by atoms with Crippen molar-refractivity contribution in [1.82, 2.24) is 0 Å². The molecule has 2 heterocycles. The average molecular weight is 435 g/mol. The van der Waals surface area contributed by atoms with E-state index in [0.717, 1.165) is 28.1 Å². The van der Waals surface area contributed by atoms with Crippen LogP contribution in [0.4, 0.5) is 11.4 Å². The molecule has 0 aliphatic carbocycles. The van der Waals surface area contributed by atoms with Crippen LogP contribution in [0.2, 0.25) is 5.02 Å². The third-order valence-corrected chi connectivity index (χ3v) is 7.40. The second-order valence-electron chi connectivity index (χ2n) is 7.50. The van der Waals surface area contributed by atoms with Crippen LogP contribution in [-0.2, 0) is 21.0 Å². The fraction of sp³-hybridized carbons (Fsp3) is 0.167. The number of thioether (sulfide) groups is 1. The summed E-state index contributed by atoms with van der Waals surface area (Å²) in [5.74, 6) is 0.0834. The zero-order valence-electron chi connectivity index (χ0n) is 16.3. The highest BCUT2D eigenvalue weighted by atomic mass is 35.5. The van der Waals surface area contributed by atoms with Gasteiger partial charge in [-0.05, 0) is 36.8 Å². The fourth-order valence-electron chi connectivity index (χ4n) is 4.20. The highest BCUT2D eigenvalue weighted by Crippen LogP contribution is 2.56.